The fourth-order valence-corrected chi connectivity index (χ4v) is 1.87. The molecule has 3 aromatic rings. The molecular formula is C14H14N4O2. The lowest BCUT2D eigenvalue weighted by atomic mass is 10.2. The van der Waals surface area contributed by atoms with E-state index in [-0.39, 0.29) is 17.4 Å². The molecule has 0 aliphatic heterocycles. The van der Waals surface area contributed by atoms with Gasteiger partial charge >= 0.3 is 0 Å². The number of H-pyrrole nitrogens is 1. The zero-order chi connectivity index (χ0) is 14.1. The molecule has 0 aliphatic carbocycles. The van der Waals surface area contributed by atoms with E-state index in [1.807, 2.05) is 44.2 Å². The van der Waals surface area contributed by atoms with E-state index in [1.54, 1.807) is 6.20 Å². The van der Waals surface area contributed by atoms with E-state index in [0.29, 0.717) is 11.4 Å². The number of nitrogens with one attached hydrogen (secondary N) is 1. The second-order valence-electron chi connectivity index (χ2n) is 4.78. The molecule has 102 valence electrons. The van der Waals surface area contributed by atoms with Crippen LogP contribution in [0.1, 0.15) is 25.6 Å². The van der Waals surface area contributed by atoms with Crippen molar-refractivity contribution in [2.45, 2.75) is 19.8 Å². The minimum atomic E-state index is -0.213. The highest BCUT2D eigenvalue weighted by atomic mass is 16.5. The van der Waals surface area contributed by atoms with Crippen LogP contribution in [0.4, 0.5) is 0 Å². The maximum Gasteiger partial charge on any atom is 0.284 e. The molecule has 0 spiro atoms. The van der Waals surface area contributed by atoms with Gasteiger partial charge in [-0.15, -0.1) is 0 Å². The first-order chi connectivity index (χ1) is 9.66. The number of nitrogens with zero attached hydrogens (tertiary/aromatic N) is 3. The standard InChI is InChI=1S/C14H14N4O2/c1-9(2)12-16-13(20-17-12)11-8-15-18(14(11)19)10-6-4-3-5-7-10/h3-9,15H,1-2H3. The number of hydrogen-bond acceptors (Lipinski definition) is 4. The SMILES string of the molecule is CC(C)c1noc(-c2c[nH]n(-c3ccccc3)c2=O)n1. The Kier molecular flexibility index (Phi) is 2.98. The third-order valence-electron chi connectivity index (χ3n) is 2.97. The summed E-state index contributed by atoms with van der Waals surface area (Å²) in [6, 6.07) is 9.31. The van der Waals surface area contributed by atoms with Crippen molar-refractivity contribution in [1.29, 1.82) is 0 Å². The van der Waals surface area contributed by atoms with Crippen molar-refractivity contribution in [3.8, 4) is 17.1 Å². The Balaban J connectivity index is 2.04. The van der Waals surface area contributed by atoms with Crippen LogP contribution in [0.5, 0.6) is 0 Å². The van der Waals surface area contributed by atoms with E-state index in [4.69, 9.17) is 4.52 Å². The smallest absolute Gasteiger partial charge is 0.284 e. The van der Waals surface area contributed by atoms with Gasteiger partial charge in [0.05, 0.1) is 5.69 Å². The summed E-state index contributed by atoms with van der Waals surface area (Å²) in [6.45, 7) is 3.93. The minimum Gasteiger partial charge on any atom is -0.334 e. The molecule has 0 fully saturated rings. The van der Waals surface area contributed by atoms with Gasteiger partial charge in [0.15, 0.2) is 5.82 Å². The second kappa shape index (κ2) is 4.80. The molecule has 0 unspecified atom stereocenters. The van der Waals surface area contributed by atoms with Gasteiger partial charge < -0.3 is 4.52 Å². The Hall–Kier alpha value is -2.63. The van der Waals surface area contributed by atoms with Crippen LogP contribution < -0.4 is 5.56 Å². The first kappa shape index (κ1) is 12.4. The fraction of sp³-hybridized carbons (Fsp3) is 0.214. The number of aromatic nitrogens is 4. The lowest BCUT2D eigenvalue weighted by Crippen LogP contribution is -2.15. The van der Waals surface area contributed by atoms with Crippen LogP contribution in [-0.4, -0.2) is 19.9 Å². The van der Waals surface area contributed by atoms with Gasteiger partial charge in [0.1, 0.15) is 5.56 Å². The van der Waals surface area contributed by atoms with Crippen molar-refractivity contribution in [3.05, 3.63) is 52.7 Å². The summed E-state index contributed by atoms with van der Waals surface area (Å²) >= 11 is 0. The van der Waals surface area contributed by atoms with Gasteiger partial charge in [0, 0.05) is 12.1 Å². The number of rotatable bonds is 3. The highest BCUT2D eigenvalue weighted by molar-refractivity contribution is 5.51. The fourth-order valence-electron chi connectivity index (χ4n) is 1.87. The van der Waals surface area contributed by atoms with Gasteiger partial charge in [-0.2, -0.15) is 4.98 Å². The molecule has 20 heavy (non-hydrogen) atoms. The van der Waals surface area contributed by atoms with Crippen molar-refractivity contribution in [2.24, 2.45) is 0 Å². The third kappa shape index (κ3) is 2.05. The molecule has 0 atom stereocenters. The van der Waals surface area contributed by atoms with E-state index in [2.05, 4.69) is 15.2 Å². The second-order valence-corrected chi connectivity index (χ2v) is 4.78. The highest BCUT2D eigenvalue weighted by Crippen LogP contribution is 2.17. The van der Waals surface area contributed by atoms with Crippen LogP contribution in [0.3, 0.4) is 0 Å². The van der Waals surface area contributed by atoms with Gasteiger partial charge in [-0.3, -0.25) is 9.89 Å². The Bertz CT molecular complexity index is 768. The average Bonchev–Trinajstić information content (AvgIpc) is 3.06. The molecule has 1 aromatic carbocycles. The third-order valence-corrected chi connectivity index (χ3v) is 2.97. The quantitative estimate of drug-likeness (QED) is 0.792. The van der Waals surface area contributed by atoms with Crippen LogP contribution in [0, 0.1) is 0 Å². The van der Waals surface area contributed by atoms with Gasteiger partial charge in [0.25, 0.3) is 11.4 Å². The summed E-state index contributed by atoms with van der Waals surface area (Å²) < 4.78 is 6.59. The largest absolute Gasteiger partial charge is 0.334 e. The van der Waals surface area contributed by atoms with Gasteiger partial charge in [-0.1, -0.05) is 37.2 Å². The van der Waals surface area contributed by atoms with Gasteiger partial charge in [0.2, 0.25) is 0 Å². The zero-order valence-electron chi connectivity index (χ0n) is 11.2. The minimum absolute atomic E-state index is 0.155. The van der Waals surface area contributed by atoms with Crippen LogP contribution in [-0.2, 0) is 0 Å². The zero-order valence-corrected chi connectivity index (χ0v) is 11.2. The molecule has 0 aliphatic rings. The van der Waals surface area contributed by atoms with Crippen molar-refractivity contribution in [3.63, 3.8) is 0 Å². The number of benzene rings is 1. The maximum atomic E-state index is 12.4. The molecule has 0 amide bonds. The van der Waals surface area contributed by atoms with Crippen LogP contribution in [0.2, 0.25) is 0 Å². The lowest BCUT2D eigenvalue weighted by molar-refractivity contribution is 0.419. The van der Waals surface area contributed by atoms with Crippen molar-refractivity contribution >= 4 is 0 Å². The van der Waals surface area contributed by atoms with E-state index < -0.39 is 0 Å². The summed E-state index contributed by atoms with van der Waals surface area (Å²) in [5.74, 6) is 0.985. The summed E-state index contributed by atoms with van der Waals surface area (Å²) in [6.07, 6.45) is 1.58. The Morgan fingerprint density at radius 2 is 2.00 bits per heavy atom. The number of aromatic amines is 1. The normalized spacial score (nSPS) is 11.2. The topological polar surface area (TPSA) is 76.7 Å². The van der Waals surface area contributed by atoms with Crippen LogP contribution >= 0.6 is 0 Å². The molecule has 2 heterocycles. The molecule has 6 heteroatoms. The van der Waals surface area contributed by atoms with Gasteiger partial charge in [-0.25, -0.2) is 4.68 Å². The lowest BCUT2D eigenvalue weighted by Gasteiger charge is -1.98. The predicted molar refractivity (Wildman–Crippen MR) is 73.8 cm³/mol. The summed E-state index contributed by atoms with van der Waals surface area (Å²) in [5, 5.41) is 6.77. The van der Waals surface area contributed by atoms with E-state index in [0.717, 1.165) is 5.69 Å². The van der Waals surface area contributed by atoms with Crippen molar-refractivity contribution in [1.82, 2.24) is 19.9 Å². The molecule has 0 saturated heterocycles. The molecule has 0 radical (unpaired) electrons. The van der Waals surface area contributed by atoms with Gasteiger partial charge in [-0.05, 0) is 12.1 Å². The molecular weight excluding hydrogens is 256 g/mol. The first-order valence-electron chi connectivity index (χ1n) is 6.36. The number of para-hydroxylation sites is 1. The molecule has 0 bridgehead atoms. The van der Waals surface area contributed by atoms with Crippen molar-refractivity contribution in [2.75, 3.05) is 0 Å². The maximum absolute atomic E-state index is 12.4. The van der Waals surface area contributed by atoms with E-state index in [1.165, 1.54) is 4.68 Å². The van der Waals surface area contributed by atoms with Crippen molar-refractivity contribution < 1.29 is 4.52 Å². The van der Waals surface area contributed by atoms with E-state index >= 15 is 0 Å². The molecule has 3 rings (SSSR count). The summed E-state index contributed by atoms with van der Waals surface area (Å²) in [7, 11) is 0. The molecule has 0 saturated carbocycles. The van der Waals surface area contributed by atoms with E-state index in [9.17, 15) is 4.79 Å². The molecule has 1 N–H and O–H groups in total. The monoisotopic (exact) mass is 270 g/mol. The predicted octanol–water partition coefficient (Wildman–Crippen LogP) is 2.34. The Labute approximate surface area is 115 Å². The highest BCUT2D eigenvalue weighted by Gasteiger charge is 2.17. The van der Waals surface area contributed by atoms with Crippen LogP contribution in [0.15, 0.2) is 45.8 Å². The molecule has 6 nitrogen and oxygen atoms in total. The number of hydrogen-bond donors (Lipinski definition) is 1. The first-order valence-corrected chi connectivity index (χ1v) is 6.36. The Morgan fingerprint density at radius 1 is 1.25 bits per heavy atom. The van der Waals surface area contributed by atoms with Crippen LogP contribution in [0.25, 0.3) is 17.1 Å². The summed E-state index contributed by atoms with van der Waals surface area (Å²) in [5.41, 5.74) is 0.913. The average molecular weight is 270 g/mol. The summed E-state index contributed by atoms with van der Waals surface area (Å²) in [4.78, 5) is 16.6. The Morgan fingerprint density at radius 3 is 2.65 bits per heavy atom. The molecule has 2 aromatic heterocycles.